The zero-order chi connectivity index (χ0) is 16.1. The molecule has 0 unspecified atom stereocenters. The number of nitrogens with zero attached hydrogens (tertiary/aromatic N) is 1. The Morgan fingerprint density at radius 1 is 1.23 bits per heavy atom. The molecule has 4 nitrogen and oxygen atoms in total. The first-order valence-corrected chi connectivity index (χ1v) is 6.91. The largest absolute Gasteiger partial charge is 0.494 e. The van der Waals surface area contributed by atoms with Gasteiger partial charge in [0, 0.05) is 19.3 Å². The summed E-state index contributed by atoms with van der Waals surface area (Å²) in [4.78, 5) is 13.6. The third kappa shape index (κ3) is 3.97. The number of urea groups is 1. The number of ether oxygens (including phenoxy) is 1. The van der Waals surface area contributed by atoms with Crippen LogP contribution in [0.4, 0.5) is 14.9 Å². The van der Waals surface area contributed by atoms with Gasteiger partial charge in [0.15, 0.2) is 11.6 Å². The maximum absolute atomic E-state index is 13.6. The monoisotopic (exact) mass is 302 g/mol. The van der Waals surface area contributed by atoms with Gasteiger partial charge in [-0.3, -0.25) is 0 Å². The smallest absolute Gasteiger partial charge is 0.321 e. The molecule has 0 fully saturated rings. The predicted octanol–water partition coefficient (Wildman–Crippen LogP) is 3.81. The Labute approximate surface area is 129 Å². The molecule has 0 aromatic heterocycles. The zero-order valence-corrected chi connectivity index (χ0v) is 12.9. The topological polar surface area (TPSA) is 41.6 Å². The van der Waals surface area contributed by atoms with E-state index in [0.29, 0.717) is 12.1 Å². The molecule has 0 radical (unpaired) electrons. The van der Waals surface area contributed by atoms with E-state index >= 15 is 0 Å². The normalized spacial score (nSPS) is 10.2. The number of anilines is 1. The average Bonchev–Trinajstić information content (AvgIpc) is 2.49. The summed E-state index contributed by atoms with van der Waals surface area (Å²) in [6.45, 7) is 2.29. The molecule has 0 aliphatic carbocycles. The molecular weight excluding hydrogens is 283 g/mol. The van der Waals surface area contributed by atoms with Crippen LogP contribution in [0.2, 0.25) is 0 Å². The first-order chi connectivity index (χ1) is 10.5. The van der Waals surface area contributed by atoms with E-state index in [4.69, 9.17) is 4.74 Å². The lowest BCUT2D eigenvalue weighted by atomic mass is 10.2. The molecule has 0 heterocycles. The maximum atomic E-state index is 13.6. The lowest BCUT2D eigenvalue weighted by Gasteiger charge is -2.18. The lowest BCUT2D eigenvalue weighted by molar-refractivity contribution is 0.220. The van der Waals surface area contributed by atoms with Crippen LogP contribution in [0.25, 0.3) is 0 Å². The predicted molar refractivity (Wildman–Crippen MR) is 84.6 cm³/mol. The summed E-state index contributed by atoms with van der Waals surface area (Å²) < 4.78 is 18.5. The first kappa shape index (κ1) is 15.8. The van der Waals surface area contributed by atoms with Crippen molar-refractivity contribution in [2.75, 3.05) is 19.5 Å². The third-order valence-corrected chi connectivity index (χ3v) is 3.29. The van der Waals surface area contributed by atoms with Crippen LogP contribution in [0.15, 0.2) is 42.5 Å². The van der Waals surface area contributed by atoms with Gasteiger partial charge in [-0.2, -0.15) is 0 Å². The average molecular weight is 302 g/mol. The summed E-state index contributed by atoms with van der Waals surface area (Å²) in [6.07, 6.45) is 0. The number of carbonyl (C=O) groups excluding carboxylic acids is 1. The van der Waals surface area contributed by atoms with Gasteiger partial charge >= 0.3 is 6.03 Å². The van der Waals surface area contributed by atoms with Gasteiger partial charge in [-0.15, -0.1) is 0 Å². The number of carbonyl (C=O) groups is 1. The van der Waals surface area contributed by atoms with Crippen molar-refractivity contribution in [3.8, 4) is 5.75 Å². The molecule has 2 aromatic rings. The minimum absolute atomic E-state index is 0.190. The molecule has 5 heteroatoms. The number of halogens is 1. The molecule has 0 saturated heterocycles. The van der Waals surface area contributed by atoms with Gasteiger partial charge in [0.25, 0.3) is 0 Å². The molecule has 2 aromatic carbocycles. The van der Waals surface area contributed by atoms with E-state index in [1.165, 1.54) is 18.1 Å². The second-order valence-electron chi connectivity index (χ2n) is 5.12. The summed E-state index contributed by atoms with van der Waals surface area (Å²) in [5, 5.41) is 2.79. The van der Waals surface area contributed by atoms with Crippen molar-refractivity contribution in [1.82, 2.24) is 4.90 Å². The van der Waals surface area contributed by atoms with Crippen LogP contribution in [0, 0.1) is 12.7 Å². The van der Waals surface area contributed by atoms with Crippen LogP contribution < -0.4 is 10.1 Å². The molecular formula is C17H19FN2O2. The number of methoxy groups -OCH3 is 1. The van der Waals surface area contributed by atoms with Crippen LogP contribution in [-0.4, -0.2) is 25.1 Å². The van der Waals surface area contributed by atoms with Crippen LogP contribution in [0.3, 0.4) is 0 Å². The second-order valence-corrected chi connectivity index (χ2v) is 5.12. The Bertz CT molecular complexity index is 656. The molecule has 2 amide bonds. The molecule has 0 saturated carbocycles. The van der Waals surface area contributed by atoms with Crippen LogP contribution in [-0.2, 0) is 6.54 Å². The van der Waals surface area contributed by atoms with Gasteiger partial charge in [0.2, 0.25) is 0 Å². The number of hydrogen-bond acceptors (Lipinski definition) is 2. The minimum atomic E-state index is -0.438. The highest BCUT2D eigenvalue weighted by Gasteiger charge is 2.11. The number of hydrogen-bond donors (Lipinski definition) is 1. The van der Waals surface area contributed by atoms with Crippen molar-refractivity contribution in [1.29, 1.82) is 0 Å². The number of amides is 2. The summed E-state index contributed by atoms with van der Waals surface area (Å²) in [6, 6.07) is 11.9. The molecule has 0 bridgehead atoms. The van der Waals surface area contributed by atoms with Crippen molar-refractivity contribution < 1.29 is 13.9 Å². The fraction of sp³-hybridized carbons (Fsp3) is 0.235. The van der Waals surface area contributed by atoms with Crippen LogP contribution >= 0.6 is 0 Å². The van der Waals surface area contributed by atoms with Gasteiger partial charge in [0.05, 0.1) is 7.11 Å². The fourth-order valence-electron chi connectivity index (χ4n) is 2.01. The quantitative estimate of drug-likeness (QED) is 0.933. The Morgan fingerprint density at radius 3 is 2.50 bits per heavy atom. The Hall–Kier alpha value is -2.56. The Kier molecular flexibility index (Phi) is 4.99. The number of rotatable bonds is 4. The highest BCUT2D eigenvalue weighted by Crippen LogP contribution is 2.18. The third-order valence-electron chi connectivity index (χ3n) is 3.29. The maximum Gasteiger partial charge on any atom is 0.321 e. The van der Waals surface area contributed by atoms with E-state index in [2.05, 4.69) is 5.32 Å². The number of nitrogens with one attached hydrogen (secondary N) is 1. The van der Waals surface area contributed by atoms with Crippen molar-refractivity contribution in [2.45, 2.75) is 13.5 Å². The minimum Gasteiger partial charge on any atom is -0.494 e. The van der Waals surface area contributed by atoms with E-state index < -0.39 is 5.82 Å². The van der Waals surface area contributed by atoms with Crippen LogP contribution in [0.1, 0.15) is 11.1 Å². The van der Waals surface area contributed by atoms with Crippen molar-refractivity contribution in [3.63, 3.8) is 0 Å². The number of benzene rings is 2. The van der Waals surface area contributed by atoms with Gasteiger partial charge in [-0.25, -0.2) is 9.18 Å². The second kappa shape index (κ2) is 6.93. The van der Waals surface area contributed by atoms with Crippen molar-refractivity contribution in [3.05, 3.63) is 59.4 Å². The van der Waals surface area contributed by atoms with Crippen molar-refractivity contribution in [2.24, 2.45) is 0 Å². The van der Waals surface area contributed by atoms with E-state index in [9.17, 15) is 9.18 Å². The molecule has 2 rings (SSSR count). The summed E-state index contributed by atoms with van der Waals surface area (Å²) >= 11 is 0. The molecule has 116 valence electrons. The Morgan fingerprint density at radius 2 is 1.91 bits per heavy atom. The molecule has 22 heavy (non-hydrogen) atoms. The van der Waals surface area contributed by atoms with E-state index in [1.807, 2.05) is 31.2 Å². The molecule has 0 aliphatic rings. The van der Waals surface area contributed by atoms with Gasteiger partial charge < -0.3 is 15.0 Å². The van der Waals surface area contributed by atoms with Crippen molar-refractivity contribution >= 4 is 11.7 Å². The fourth-order valence-corrected chi connectivity index (χ4v) is 2.01. The van der Waals surface area contributed by atoms with Gasteiger partial charge in [-0.1, -0.05) is 23.8 Å². The zero-order valence-electron chi connectivity index (χ0n) is 12.9. The van der Waals surface area contributed by atoms with Crippen LogP contribution in [0.5, 0.6) is 5.75 Å². The molecule has 0 aliphatic heterocycles. The van der Waals surface area contributed by atoms with Gasteiger partial charge in [-0.05, 0) is 36.8 Å². The number of aryl methyl sites for hydroxylation is 1. The highest BCUT2D eigenvalue weighted by atomic mass is 19.1. The van der Waals surface area contributed by atoms with E-state index in [1.54, 1.807) is 19.2 Å². The molecule has 0 spiro atoms. The lowest BCUT2D eigenvalue weighted by Crippen LogP contribution is -2.30. The van der Waals surface area contributed by atoms with Gasteiger partial charge in [0.1, 0.15) is 0 Å². The SMILES string of the molecule is COc1ccc(CN(C)C(=O)Nc2ccc(C)cc2)cc1F. The summed E-state index contributed by atoms with van der Waals surface area (Å²) in [5.41, 5.74) is 2.54. The molecule has 1 N–H and O–H groups in total. The summed E-state index contributed by atoms with van der Waals surface area (Å²) in [7, 11) is 3.07. The standard InChI is InChI=1S/C17H19FN2O2/c1-12-4-7-14(8-5-12)19-17(21)20(2)11-13-6-9-16(22-3)15(18)10-13/h4-10H,11H2,1-3H3,(H,19,21). The summed E-state index contributed by atoms with van der Waals surface area (Å²) in [5.74, 6) is -0.247. The first-order valence-electron chi connectivity index (χ1n) is 6.91. The van der Waals surface area contributed by atoms with E-state index in [-0.39, 0.29) is 11.8 Å². The van der Waals surface area contributed by atoms with E-state index in [0.717, 1.165) is 11.3 Å². The highest BCUT2D eigenvalue weighted by molar-refractivity contribution is 5.89. The Balaban J connectivity index is 1.99. The molecule has 0 atom stereocenters.